The fraction of sp³-hybridized carbons (Fsp3) is 0.900. The van der Waals surface area contributed by atoms with E-state index in [2.05, 4.69) is 31.3 Å². The second-order valence-electron chi connectivity index (χ2n) is 20.3. The molecule has 6 nitrogen and oxygen atoms in total. The molecule has 66 heavy (non-hydrogen) atoms. The molecule has 0 fully saturated rings. The van der Waals surface area contributed by atoms with Gasteiger partial charge in [-0.25, -0.2) is 0 Å². The molecule has 3 N–H and O–H groups in total. The van der Waals surface area contributed by atoms with Gasteiger partial charge in [-0.15, -0.1) is 0 Å². The number of carbonyl (C=O) groups excluding carboxylic acids is 2. The lowest BCUT2D eigenvalue weighted by Crippen LogP contribution is -2.45. The van der Waals surface area contributed by atoms with Gasteiger partial charge in [0.25, 0.3) is 0 Å². The van der Waals surface area contributed by atoms with E-state index in [1.54, 1.807) is 6.08 Å². The standard InChI is InChI=1S/C60H115NO5/c1-3-5-7-9-11-13-14-15-16-28-31-34-38-42-46-50-54-60(65)66-55-51-47-43-39-35-32-29-26-24-22-20-18-17-19-21-23-25-27-30-33-37-41-45-49-53-59(64)61-57(56-62)58(63)52-48-44-40-36-12-10-8-6-4-2/h16,28,48,52,57-58,62-63H,3-15,17-27,29-47,49-51,53-56H2,1-2H3,(H,61,64)/b28-16-,52-48+. The first-order valence-electron chi connectivity index (χ1n) is 29.6. The van der Waals surface area contributed by atoms with Crippen molar-refractivity contribution < 1.29 is 24.5 Å². The molecule has 0 spiro atoms. The average Bonchev–Trinajstić information content (AvgIpc) is 3.32. The van der Waals surface area contributed by atoms with E-state index in [-0.39, 0.29) is 18.5 Å². The molecule has 0 aliphatic carbocycles. The summed E-state index contributed by atoms with van der Waals surface area (Å²) in [4.78, 5) is 24.4. The van der Waals surface area contributed by atoms with Crippen LogP contribution in [0.15, 0.2) is 24.3 Å². The maximum atomic E-state index is 12.4. The van der Waals surface area contributed by atoms with E-state index in [0.29, 0.717) is 19.4 Å². The molecule has 2 unspecified atom stereocenters. The summed E-state index contributed by atoms with van der Waals surface area (Å²) >= 11 is 0. The van der Waals surface area contributed by atoms with Crippen molar-refractivity contribution in [3.05, 3.63) is 24.3 Å². The van der Waals surface area contributed by atoms with Gasteiger partial charge in [-0.1, -0.05) is 276 Å². The van der Waals surface area contributed by atoms with Crippen LogP contribution in [-0.4, -0.2) is 47.4 Å². The van der Waals surface area contributed by atoms with E-state index in [9.17, 15) is 19.8 Å². The highest BCUT2D eigenvalue weighted by atomic mass is 16.5. The smallest absolute Gasteiger partial charge is 0.305 e. The number of aliphatic hydroxyl groups is 2. The van der Waals surface area contributed by atoms with Gasteiger partial charge in [-0.3, -0.25) is 9.59 Å². The SMILES string of the molecule is CCCCCCCCC/C=C\CCCCCCCC(=O)OCCCCCCCCCCCCCCCCCCCCCCCCCCC(=O)NC(CO)C(O)/C=C/CCCCCCCCC. The van der Waals surface area contributed by atoms with E-state index >= 15 is 0 Å². The van der Waals surface area contributed by atoms with E-state index in [4.69, 9.17) is 4.74 Å². The van der Waals surface area contributed by atoms with E-state index < -0.39 is 12.1 Å². The fourth-order valence-electron chi connectivity index (χ4n) is 9.16. The number of nitrogens with one attached hydrogen (secondary N) is 1. The summed E-state index contributed by atoms with van der Waals surface area (Å²) in [6, 6.07) is -0.624. The van der Waals surface area contributed by atoms with Gasteiger partial charge in [-0.2, -0.15) is 0 Å². The Bertz CT molecular complexity index is 1030. The van der Waals surface area contributed by atoms with Gasteiger partial charge in [0.2, 0.25) is 5.91 Å². The number of hydrogen-bond donors (Lipinski definition) is 3. The van der Waals surface area contributed by atoms with Crippen molar-refractivity contribution in [1.82, 2.24) is 5.32 Å². The molecule has 0 aliphatic rings. The number of rotatable bonds is 55. The highest BCUT2D eigenvalue weighted by Crippen LogP contribution is 2.17. The molecule has 1 amide bonds. The molecule has 0 heterocycles. The number of unbranched alkanes of at least 4 members (excludes halogenated alkanes) is 42. The summed E-state index contributed by atoms with van der Waals surface area (Å²) in [5.74, 6) is -0.0615. The first-order valence-corrected chi connectivity index (χ1v) is 29.6. The molecule has 0 bridgehead atoms. The molecule has 390 valence electrons. The van der Waals surface area contributed by atoms with Crippen molar-refractivity contribution in [2.45, 2.75) is 334 Å². The van der Waals surface area contributed by atoms with E-state index in [1.807, 2.05) is 6.08 Å². The summed E-state index contributed by atoms with van der Waals surface area (Å²) in [5.41, 5.74) is 0. The predicted octanol–water partition coefficient (Wildman–Crippen LogP) is 18.2. The molecule has 2 atom stereocenters. The zero-order valence-electron chi connectivity index (χ0n) is 44.4. The van der Waals surface area contributed by atoms with Crippen LogP contribution in [0.3, 0.4) is 0 Å². The Kier molecular flexibility index (Phi) is 54.5. The number of ether oxygens (including phenoxy) is 1. The Morgan fingerprint density at radius 3 is 1.08 bits per heavy atom. The summed E-state index contributed by atoms with van der Waals surface area (Å²) < 4.78 is 5.48. The fourth-order valence-corrected chi connectivity index (χ4v) is 9.16. The highest BCUT2D eigenvalue weighted by Gasteiger charge is 2.18. The number of esters is 1. The minimum Gasteiger partial charge on any atom is -0.466 e. The first-order chi connectivity index (χ1) is 32.5. The van der Waals surface area contributed by atoms with Crippen molar-refractivity contribution in [3.63, 3.8) is 0 Å². The normalized spacial score (nSPS) is 12.7. The van der Waals surface area contributed by atoms with E-state index in [0.717, 1.165) is 44.9 Å². The Labute approximate surface area is 411 Å². The number of amides is 1. The van der Waals surface area contributed by atoms with Crippen molar-refractivity contribution in [2.75, 3.05) is 13.2 Å². The molecule has 6 heteroatoms. The van der Waals surface area contributed by atoms with Crippen molar-refractivity contribution in [1.29, 1.82) is 0 Å². The van der Waals surface area contributed by atoms with Crippen LogP contribution in [0.25, 0.3) is 0 Å². The van der Waals surface area contributed by atoms with E-state index in [1.165, 1.54) is 250 Å². The van der Waals surface area contributed by atoms with Crippen LogP contribution in [0.2, 0.25) is 0 Å². The zero-order chi connectivity index (χ0) is 47.9. The van der Waals surface area contributed by atoms with Crippen LogP contribution in [-0.2, 0) is 14.3 Å². The van der Waals surface area contributed by atoms with Crippen molar-refractivity contribution in [3.8, 4) is 0 Å². The van der Waals surface area contributed by atoms with Crippen molar-refractivity contribution >= 4 is 11.9 Å². The highest BCUT2D eigenvalue weighted by molar-refractivity contribution is 5.76. The molecule has 0 aromatic rings. The van der Waals surface area contributed by atoms with Gasteiger partial charge >= 0.3 is 5.97 Å². The summed E-state index contributed by atoms with van der Waals surface area (Å²) in [7, 11) is 0. The van der Waals surface area contributed by atoms with Crippen molar-refractivity contribution in [2.24, 2.45) is 0 Å². The molecule has 0 aromatic carbocycles. The zero-order valence-corrected chi connectivity index (χ0v) is 44.4. The van der Waals surface area contributed by atoms with Crippen LogP contribution in [0.5, 0.6) is 0 Å². The molecule has 0 rings (SSSR count). The predicted molar refractivity (Wildman–Crippen MR) is 287 cm³/mol. The van der Waals surface area contributed by atoms with Gasteiger partial charge < -0.3 is 20.3 Å². The Morgan fingerprint density at radius 2 is 0.712 bits per heavy atom. The van der Waals surface area contributed by atoms with Crippen LogP contribution in [0, 0.1) is 0 Å². The molecule has 0 saturated heterocycles. The van der Waals surface area contributed by atoms with Gasteiger partial charge in [0, 0.05) is 12.8 Å². The summed E-state index contributed by atoms with van der Waals surface area (Å²) in [6.45, 7) is 4.88. The average molecular weight is 931 g/mol. The molecule has 0 aromatic heterocycles. The Morgan fingerprint density at radius 1 is 0.409 bits per heavy atom. The lowest BCUT2D eigenvalue weighted by atomic mass is 10.0. The van der Waals surface area contributed by atoms with Crippen LogP contribution in [0.1, 0.15) is 322 Å². The van der Waals surface area contributed by atoms with Crippen LogP contribution in [0.4, 0.5) is 0 Å². The summed E-state index contributed by atoms with van der Waals surface area (Å²) in [6.07, 6.45) is 67.9. The number of allylic oxidation sites excluding steroid dienone is 3. The monoisotopic (exact) mass is 930 g/mol. The lowest BCUT2D eigenvalue weighted by Gasteiger charge is -2.20. The maximum Gasteiger partial charge on any atom is 0.305 e. The minimum absolute atomic E-state index is 0.00752. The van der Waals surface area contributed by atoms with Crippen LogP contribution >= 0.6 is 0 Å². The first kappa shape index (κ1) is 64.3. The molecular formula is C60H115NO5. The van der Waals surface area contributed by atoms with Gasteiger partial charge in [0.15, 0.2) is 0 Å². The third kappa shape index (κ3) is 51.7. The third-order valence-corrected chi connectivity index (χ3v) is 13.7. The second-order valence-corrected chi connectivity index (χ2v) is 20.3. The lowest BCUT2D eigenvalue weighted by molar-refractivity contribution is -0.143. The van der Waals surface area contributed by atoms with Gasteiger partial charge in [0.1, 0.15) is 0 Å². The number of carbonyl (C=O) groups is 2. The topological polar surface area (TPSA) is 95.9 Å². The van der Waals surface area contributed by atoms with Gasteiger partial charge in [-0.05, 0) is 57.8 Å². The Hall–Kier alpha value is -1.66. The maximum absolute atomic E-state index is 12.4. The molecule has 0 aliphatic heterocycles. The molecular weight excluding hydrogens is 815 g/mol. The summed E-state index contributed by atoms with van der Waals surface area (Å²) in [5, 5.41) is 22.9. The number of aliphatic hydroxyl groups excluding tert-OH is 2. The third-order valence-electron chi connectivity index (χ3n) is 13.7. The second kappa shape index (κ2) is 55.9. The molecule has 0 radical (unpaired) electrons. The van der Waals surface area contributed by atoms with Gasteiger partial charge in [0.05, 0.1) is 25.4 Å². The largest absolute Gasteiger partial charge is 0.466 e. The quantitative estimate of drug-likeness (QED) is 0.0321. The molecule has 0 saturated carbocycles. The Balaban J connectivity index is 3.34. The minimum atomic E-state index is -0.841. The number of hydrogen-bond acceptors (Lipinski definition) is 5. The van der Waals surface area contributed by atoms with Crippen LogP contribution < -0.4 is 5.32 Å².